The van der Waals surface area contributed by atoms with Crippen molar-refractivity contribution in [1.82, 2.24) is 0 Å². The monoisotopic (exact) mass is 234 g/mol. The van der Waals surface area contributed by atoms with Gasteiger partial charge in [0, 0.05) is 24.0 Å². The molecule has 0 bridgehead atoms. The molecular weight excluding hydrogens is 216 g/mol. The average Bonchev–Trinajstić information content (AvgIpc) is 2.38. The van der Waals surface area contributed by atoms with E-state index in [1.807, 2.05) is 0 Å². The zero-order valence-electron chi connectivity index (χ0n) is 10.2. The van der Waals surface area contributed by atoms with E-state index in [0.717, 1.165) is 30.6 Å². The van der Waals surface area contributed by atoms with Gasteiger partial charge in [0.25, 0.3) is 0 Å². The first-order chi connectivity index (χ1) is 8.22. The molecule has 0 aliphatic rings. The van der Waals surface area contributed by atoms with Gasteiger partial charge in [-0.05, 0) is 18.6 Å². The lowest BCUT2D eigenvalue weighted by Gasteiger charge is -2.10. The van der Waals surface area contributed by atoms with E-state index in [-0.39, 0.29) is 5.97 Å². The summed E-state index contributed by atoms with van der Waals surface area (Å²) in [4.78, 5) is 11.4. The van der Waals surface area contributed by atoms with Crippen molar-refractivity contribution in [2.75, 3.05) is 19.0 Å². The Labute approximate surface area is 101 Å². The number of hydrogen-bond donors (Lipinski definition) is 2. The van der Waals surface area contributed by atoms with Gasteiger partial charge >= 0.3 is 5.97 Å². The lowest BCUT2D eigenvalue weighted by molar-refractivity contribution is 0.0601. The number of unbranched alkanes of at least 4 members (excludes halogenated alkanes) is 1. The van der Waals surface area contributed by atoms with Gasteiger partial charge in [0.2, 0.25) is 0 Å². The minimum Gasteiger partial charge on any atom is -0.465 e. The molecule has 0 amide bonds. The van der Waals surface area contributed by atoms with Crippen LogP contribution in [0.1, 0.15) is 35.7 Å². The summed E-state index contributed by atoms with van der Waals surface area (Å²) in [5.41, 5.74) is 2.07. The largest absolute Gasteiger partial charge is 0.465 e. The fourth-order valence-electron chi connectivity index (χ4n) is 1.48. The molecule has 0 atom stereocenters. The molecule has 92 valence electrons. The number of ether oxygens (including phenoxy) is 1. The zero-order chi connectivity index (χ0) is 12.7. The third kappa shape index (κ3) is 3.59. The van der Waals surface area contributed by atoms with Crippen molar-refractivity contribution in [1.29, 1.82) is 5.41 Å². The quantitative estimate of drug-likeness (QED) is 0.452. The van der Waals surface area contributed by atoms with E-state index >= 15 is 0 Å². The van der Waals surface area contributed by atoms with Crippen LogP contribution in [-0.2, 0) is 4.74 Å². The molecule has 1 rings (SSSR count). The second kappa shape index (κ2) is 6.68. The molecular formula is C13H18N2O2. The van der Waals surface area contributed by atoms with Crippen LogP contribution in [-0.4, -0.2) is 25.8 Å². The van der Waals surface area contributed by atoms with Crippen LogP contribution in [0.15, 0.2) is 18.2 Å². The number of hydrogen-bond acceptors (Lipinski definition) is 4. The van der Waals surface area contributed by atoms with E-state index in [1.165, 1.54) is 13.3 Å². The van der Waals surface area contributed by atoms with Crippen LogP contribution < -0.4 is 5.32 Å². The Morgan fingerprint density at radius 1 is 1.53 bits per heavy atom. The third-order valence-electron chi connectivity index (χ3n) is 2.48. The zero-order valence-corrected chi connectivity index (χ0v) is 10.2. The number of rotatable bonds is 6. The molecule has 0 saturated carbocycles. The summed E-state index contributed by atoms with van der Waals surface area (Å²) in [5.74, 6) is -0.361. The Morgan fingerprint density at radius 3 is 2.88 bits per heavy atom. The van der Waals surface area contributed by atoms with Gasteiger partial charge in [0.1, 0.15) is 0 Å². The normalized spacial score (nSPS) is 9.76. The van der Waals surface area contributed by atoms with E-state index in [0.29, 0.717) is 5.56 Å². The van der Waals surface area contributed by atoms with E-state index in [2.05, 4.69) is 17.0 Å². The van der Waals surface area contributed by atoms with Crippen molar-refractivity contribution < 1.29 is 9.53 Å². The van der Waals surface area contributed by atoms with Crippen LogP contribution in [0.3, 0.4) is 0 Å². The van der Waals surface area contributed by atoms with Crippen LogP contribution in [0.25, 0.3) is 0 Å². The topological polar surface area (TPSA) is 62.2 Å². The highest BCUT2D eigenvalue weighted by Gasteiger charge is 2.08. The lowest BCUT2D eigenvalue weighted by Crippen LogP contribution is -2.07. The highest BCUT2D eigenvalue weighted by Crippen LogP contribution is 2.17. The number of benzene rings is 1. The molecule has 0 radical (unpaired) electrons. The molecule has 0 fully saturated rings. The molecule has 0 aliphatic carbocycles. The summed E-state index contributed by atoms with van der Waals surface area (Å²) in [7, 11) is 1.36. The Morgan fingerprint density at radius 2 is 2.29 bits per heavy atom. The van der Waals surface area contributed by atoms with Crippen LogP contribution in [0.2, 0.25) is 0 Å². The summed E-state index contributed by atoms with van der Waals surface area (Å²) in [6.45, 7) is 2.95. The Balaban J connectivity index is 2.90. The number of nitrogens with one attached hydrogen (secondary N) is 2. The molecule has 4 nitrogen and oxygen atoms in total. The number of anilines is 1. The van der Waals surface area contributed by atoms with E-state index < -0.39 is 0 Å². The maximum Gasteiger partial charge on any atom is 0.337 e. The maximum atomic E-state index is 11.4. The van der Waals surface area contributed by atoms with Crippen LogP contribution in [0.5, 0.6) is 0 Å². The Kier molecular flexibility index (Phi) is 5.20. The minimum absolute atomic E-state index is 0.361. The van der Waals surface area contributed by atoms with E-state index in [9.17, 15) is 4.79 Å². The van der Waals surface area contributed by atoms with E-state index in [4.69, 9.17) is 5.41 Å². The van der Waals surface area contributed by atoms with Crippen LogP contribution in [0, 0.1) is 5.41 Å². The molecule has 2 N–H and O–H groups in total. The summed E-state index contributed by atoms with van der Waals surface area (Å²) in [6.07, 6.45) is 3.43. The minimum atomic E-state index is -0.361. The fraction of sp³-hybridized carbons (Fsp3) is 0.385. The molecule has 0 heterocycles. The van der Waals surface area contributed by atoms with Crippen LogP contribution >= 0.6 is 0 Å². The molecule has 1 aromatic carbocycles. The molecule has 4 heteroatoms. The fourth-order valence-corrected chi connectivity index (χ4v) is 1.48. The molecule has 1 aromatic rings. The number of carbonyl (C=O) groups excluding carboxylic acids is 1. The first-order valence-electron chi connectivity index (χ1n) is 5.69. The second-order valence-electron chi connectivity index (χ2n) is 3.72. The van der Waals surface area contributed by atoms with Gasteiger partial charge in [-0.15, -0.1) is 0 Å². The SMILES string of the molecule is CCCCNc1cc(C(=O)OC)ccc1C=N. The third-order valence-corrected chi connectivity index (χ3v) is 2.48. The van der Waals surface area contributed by atoms with Crippen molar-refractivity contribution in [2.24, 2.45) is 0 Å². The van der Waals surface area contributed by atoms with Gasteiger partial charge in [-0.25, -0.2) is 4.79 Å². The van der Waals surface area contributed by atoms with Crippen LogP contribution in [0.4, 0.5) is 5.69 Å². The van der Waals surface area contributed by atoms with Crippen molar-refractivity contribution in [3.05, 3.63) is 29.3 Å². The second-order valence-corrected chi connectivity index (χ2v) is 3.72. The number of carbonyl (C=O) groups is 1. The standard InChI is InChI=1S/C13H18N2O2/c1-3-4-7-15-12-8-10(13(16)17-2)5-6-11(12)9-14/h5-6,8-9,14-15H,3-4,7H2,1-2H3. The summed E-state index contributed by atoms with van der Waals surface area (Å²) >= 11 is 0. The first kappa shape index (κ1) is 13.2. The predicted octanol–water partition coefficient (Wildman–Crippen LogP) is 2.68. The summed E-state index contributed by atoms with van der Waals surface area (Å²) in [5, 5.41) is 10.5. The molecule has 17 heavy (non-hydrogen) atoms. The molecule has 0 unspecified atom stereocenters. The first-order valence-corrected chi connectivity index (χ1v) is 5.69. The van der Waals surface area contributed by atoms with Crippen molar-refractivity contribution in [2.45, 2.75) is 19.8 Å². The Bertz CT molecular complexity index is 402. The molecule has 0 saturated heterocycles. The van der Waals surface area contributed by atoms with Crippen molar-refractivity contribution >= 4 is 17.9 Å². The van der Waals surface area contributed by atoms with Gasteiger partial charge in [0.05, 0.1) is 12.7 Å². The van der Waals surface area contributed by atoms with Gasteiger partial charge < -0.3 is 15.5 Å². The maximum absolute atomic E-state index is 11.4. The van der Waals surface area contributed by atoms with Gasteiger partial charge in [-0.3, -0.25) is 0 Å². The molecule has 0 aliphatic heterocycles. The highest BCUT2D eigenvalue weighted by molar-refractivity contribution is 5.94. The van der Waals surface area contributed by atoms with Gasteiger partial charge in [-0.1, -0.05) is 19.4 Å². The van der Waals surface area contributed by atoms with Gasteiger partial charge in [0.15, 0.2) is 0 Å². The van der Waals surface area contributed by atoms with E-state index in [1.54, 1.807) is 18.2 Å². The van der Waals surface area contributed by atoms with Gasteiger partial charge in [-0.2, -0.15) is 0 Å². The summed E-state index contributed by atoms with van der Waals surface area (Å²) in [6, 6.07) is 5.13. The number of methoxy groups -OCH3 is 1. The van der Waals surface area contributed by atoms with Crippen molar-refractivity contribution in [3.8, 4) is 0 Å². The Hall–Kier alpha value is -1.84. The van der Waals surface area contributed by atoms with Crippen molar-refractivity contribution in [3.63, 3.8) is 0 Å². The molecule has 0 spiro atoms. The predicted molar refractivity (Wildman–Crippen MR) is 69.1 cm³/mol. The smallest absolute Gasteiger partial charge is 0.337 e. The average molecular weight is 234 g/mol. The number of esters is 1. The molecule has 0 aromatic heterocycles. The summed E-state index contributed by atoms with van der Waals surface area (Å²) < 4.78 is 4.67. The lowest BCUT2D eigenvalue weighted by atomic mass is 10.1. The highest BCUT2D eigenvalue weighted by atomic mass is 16.5.